The highest BCUT2D eigenvalue weighted by Gasteiger charge is 2.12. The van der Waals surface area contributed by atoms with Crippen molar-refractivity contribution in [3.63, 3.8) is 0 Å². The molecular weight excluding hydrogens is 90.1 g/mol. The summed E-state index contributed by atoms with van der Waals surface area (Å²) in [6.07, 6.45) is 0.486. The lowest BCUT2D eigenvalue weighted by Crippen LogP contribution is -2.31. The smallest absolute Gasteiger partial charge is 0.0708 e. The van der Waals surface area contributed by atoms with E-state index in [0.717, 1.165) is 6.67 Å². The largest absolute Gasteiger partial charge is 0.276 e. The van der Waals surface area contributed by atoms with Gasteiger partial charge in [0.15, 0.2) is 0 Å². The van der Waals surface area contributed by atoms with Crippen molar-refractivity contribution in [1.82, 2.24) is 15.8 Å². The van der Waals surface area contributed by atoms with Gasteiger partial charge in [0.2, 0.25) is 0 Å². The molecule has 1 fully saturated rings. The molecule has 0 spiro atoms. The Balaban J connectivity index is 2.33. The van der Waals surface area contributed by atoms with Crippen molar-refractivity contribution in [1.29, 1.82) is 0 Å². The average molecular weight is 101 g/mol. The van der Waals surface area contributed by atoms with E-state index in [2.05, 4.69) is 29.7 Å². The van der Waals surface area contributed by atoms with Gasteiger partial charge in [-0.25, -0.2) is 10.9 Å². The fraction of sp³-hybridized carbons (Fsp3) is 1.00. The molecule has 0 aromatic carbocycles. The lowest BCUT2D eigenvalue weighted by Gasteiger charge is -2.09. The lowest BCUT2D eigenvalue weighted by atomic mass is 10.6. The SMILES string of the molecule is CC1NNCN1C. The van der Waals surface area contributed by atoms with Gasteiger partial charge in [0.25, 0.3) is 0 Å². The minimum atomic E-state index is 0.486. The van der Waals surface area contributed by atoms with E-state index in [9.17, 15) is 0 Å². The zero-order valence-corrected chi connectivity index (χ0v) is 4.73. The van der Waals surface area contributed by atoms with Crippen molar-refractivity contribution in [2.45, 2.75) is 13.1 Å². The molecule has 0 aromatic heterocycles. The van der Waals surface area contributed by atoms with E-state index in [4.69, 9.17) is 0 Å². The molecule has 1 heterocycles. The molecule has 3 heteroatoms. The van der Waals surface area contributed by atoms with Crippen molar-refractivity contribution >= 4 is 0 Å². The molecule has 2 N–H and O–H groups in total. The van der Waals surface area contributed by atoms with Crippen LogP contribution in [0.3, 0.4) is 0 Å². The van der Waals surface area contributed by atoms with E-state index in [-0.39, 0.29) is 0 Å². The highest BCUT2D eigenvalue weighted by atomic mass is 15.6. The minimum Gasteiger partial charge on any atom is -0.276 e. The Hall–Kier alpha value is -0.120. The van der Waals surface area contributed by atoms with Crippen molar-refractivity contribution in [3.8, 4) is 0 Å². The lowest BCUT2D eigenvalue weighted by molar-refractivity contribution is 0.315. The van der Waals surface area contributed by atoms with Gasteiger partial charge in [0.05, 0.1) is 12.8 Å². The number of nitrogens with one attached hydrogen (secondary N) is 2. The van der Waals surface area contributed by atoms with E-state index < -0.39 is 0 Å². The van der Waals surface area contributed by atoms with E-state index in [0.29, 0.717) is 6.17 Å². The molecule has 1 rings (SSSR count). The van der Waals surface area contributed by atoms with E-state index in [1.807, 2.05) is 0 Å². The number of hydrazine groups is 1. The second-order valence-corrected chi connectivity index (χ2v) is 1.91. The molecule has 1 saturated heterocycles. The highest BCUT2D eigenvalue weighted by Crippen LogP contribution is 1.90. The molecule has 0 amide bonds. The van der Waals surface area contributed by atoms with Crippen LogP contribution in [0.5, 0.6) is 0 Å². The van der Waals surface area contributed by atoms with Crippen molar-refractivity contribution in [2.24, 2.45) is 0 Å². The number of hydrogen-bond donors (Lipinski definition) is 2. The number of hydrogen-bond acceptors (Lipinski definition) is 3. The third kappa shape index (κ3) is 0.907. The van der Waals surface area contributed by atoms with Gasteiger partial charge in [-0.1, -0.05) is 0 Å². The maximum absolute atomic E-state index is 3.05. The molecule has 7 heavy (non-hydrogen) atoms. The zero-order chi connectivity index (χ0) is 5.28. The summed E-state index contributed by atoms with van der Waals surface area (Å²) in [6.45, 7) is 3.06. The van der Waals surface area contributed by atoms with Crippen LogP contribution in [-0.2, 0) is 0 Å². The van der Waals surface area contributed by atoms with Gasteiger partial charge < -0.3 is 0 Å². The monoisotopic (exact) mass is 101 g/mol. The first-order chi connectivity index (χ1) is 3.30. The van der Waals surface area contributed by atoms with Gasteiger partial charge in [-0.2, -0.15) is 0 Å². The molecule has 1 unspecified atom stereocenters. The summed E-state index contributed by atoms with van der Waals surface area (Å²) in [6, 6.07) is 0. The van der Waals surface area contributed by atoms with Crippen LogP contribution in [0.15, 0.2) is 0 Å². The van der Waals surface area contributed by atoms with Crippen LogP contribution in [-0.4, -0.2) is 24.8 Å². The molecule has 0 saturated carbocycles. The topological polar surface area (TPSA) is 27.3 Å². The first kappa shape index (κ1) is 5.03. The van der Waals surface area contributed by atoms with Crippen LogP contribution in [0.1, 0.15) is 6.92 Å². The highest BCUT2D eigenvalue weighted by molar-refractivity contribution is 4.61. The zero-order valence-electron chi connectivity index (χ0n) is 4.73. The molecule has 0 bridgehead atoms. The molecule has 1 atom stereocenters. The van der Waals surface area contributed by atoms with E-state index in [1.165, 1.54) is 0 Å². The van der Waals surface area contributed by atoms with Crippen molar-refractivity contribution < 1.29 is 0 Å². The third-order valence-electron chi connectivity index (χ3n) is 1.30. The van der Waals surface area contributed by atoms with Crippen LogP contribution in [0.2, 0.25) is 0 Å². The second kappa shape index (κ2) is 1.78. The van der Waals surface area contributed by atoms with Crippen molar-refractivity contribution in [3.05, 3.63) is 0 Å². The molecular formula is C4H11N3. The predicted octanol–water partition coefficient (Wildman–Crippen LogP) is -0.670. The minimum absolute atomic E-state index is 0.486. The summed E-state index contributed by atoms with van der Waals surface area (Å²) in [4.78, 5) is 2.18. The Kier molecular flexibility index (Phi) is 1.27. The normalized spacial score (nSPS) is 34.3. The van der Waals surface area contributed by atoms with Crippen LogP contribution in [0, 0.1) is 0 Å². The Morgan fingerprint density at radius 2 is 2.43 bits per heavy atom. The number of nitrogens with zero attached hydrogens (tertiary/aromatic N) is 1. The van der Waals surface area contributed by atoms with E-state index >= 15 is 0 Å². The van der Waals surface area contributed by atoms with Gasteiger partial charge in [0, 0.05) is 0 Å². The Bertz CT molecular complexity index is 56.0. The summed E-state index contributed by atoms with van der Waals surface area (Å²) in [5.74, 6) is 0. The van der Waals surface area contributed by atoms with Crippen LogP contribution in [0.25, 0.3) is 0 Å². The maximum Gasteiger partial charge on any atom is 0.0708 e. The van der Waals surface area contributed by atoms with Crippen LogP contribution >= 0.6 is 0 Å². The molecule has 0 aromatic rings. The molecule has 42 valence electrons. The Labute approximate surface area is 43.7 Å². The summed E-state index contributed by atoms with van der Waals surface area (Å²) in [7, 11) is 2.07. The van der Waals surface area contributed by atoms with Gasteiger partial charge in [-0.05, 0) is 14.0 Å². The Morgan fingerprint density at radius 3 is 2.57 bits per heavy atom. The molecule has 0 radical (unpaired) electrons. The van der Waals surface area contributed by atoms with Gasteiger partial charge in [-0.15, -0.1) is 0 Å². The summed E-state index contributed by atoms with van der Waals surface area (Å²) >= 11 is 0. The fourth-order valence-electron chi connectivity index (χ4n) is 0.565. The van der Waals surface area contributed by atoms with Crippen LogP contribution in [0.4, 0.5) is 0 Å². The van der Waals surface area contributed by atoms with Crippen molar-refractivity contribution in [2.75, 3.05) is 13.7 Å². The average Bonchev–Trinajstić information content (AvgIpc) is 1.91. The maximum atomic E-state index is 3.05. The van der Waals surface area contributed by atoms with Gasteiger partial charge in [0.1, 0.15) is 0 Å². The third-order valence-corrected chi connectivity index (χ3v) is 1.30. The summed E-state index contributed by atoms with van der Waals surface area (Å²) < 4.78 is 0. The number of rotatable bonds is 0. The summed E-state index contributed by atoms with van der Waals surface area (Å²) in [5, 5.41) is 0. The molecule has 1 aliphatic rings. The summed E-state index contributed by atoms with van der Waals surface area (Å²) in [5.41, 5.74) is 6.04. The molecule has 1 aliphatic heterocycles. The van der Waals surface area contributed by atoms with E-state index in [1.54, 1.807) is 0 Å². The molecule has 3 nitrogen and oxygen atoms in total. The molecule has 0 aliphatic carbocycles. The van der Waals surface area contributed by atoms with Gasteiger partial charge >= 0.3 is 0 Å². The van der Waals surface area contributed by atoms with Gasteiger partial charge in [-0.3, -0.25) is 4.90 Å². The predicted molar refractivity (Wildman–Crippen MR) is 28.4 cm³/mol. The first-order valence-corrected chi connectivity index (χ1v) is 2.49. The quantitative estimate of drug-likeness (QED) is 0.424. The Morgan fingerprint density at radius 1 is 1.71 bits per heavy atom. The van der Waals surface area contributed by atoms with Crippen LogP contribution < -0.4 is 10.9 Å². The second-order valence-electron chi connectivity index (χ2n) is 1.91. The standard InChI is InChI=1S/C4H11N3/c1-4-6-5-3-7(4)2/h4-6H,3H2,1-2H3. The fourth-order valence-corrected chi connectivity index (χ4v) is 0.565. The first-order valence-electron chi connectivity index (χ1n) is 2.49.